The van der Waals surface area contributed by atoms with Gasteiger partial charge in [0, 0.05) is 17.1 Å². The van der Waals surface area contributed by atoms with Crippen LogP contribution in [0.3, 0.4) is 0 Å². The van der Waals surface area contributed by atoms with E-state index in [2.05, 4.69) is 20.9 Å². The largest absolute Gasteiger partial charge is 0.504 e. The van der Waals surface area contributed by atoms with Crippen LogP contribution < -0.4 is 5.73 Å². The van der Waals surface area contributed by atoms with E-state index < -0.39 is 12.2 Å². The Bertz CT molecular complexity index is 335. The number of rotatable bonds is 4. The van der Waals surface area contributed by atoms with Crippen molar-refractivity contribution in [2.45, 2.75) is 18.6 Å². The van der Waals surface area contributed by atoms with Crippen molar-refractivity contribution >= 4 is 21.7 Å². The number of aliphatic hydroxyl groups is 2. The molecule has 2 atom stereocenters. The molecule has 5 nitrogen and oxygen atoms in total. The number of aromatic nitrogens is 1. The molecular weight excluding hydrogens is 264 g/mol. The Morgan fingerprint density at radius 1 is 1.47 bits per heavy atom. The Balaban J connectivity index is 2.81. The zero-order chi connectivity index (χ0) is 11.4. The zero-order valence-corrected chi connectivity index (χ0v) is 9.55. The van der Waals surface area contributed by atoms with Crippen molar-refractivity contribution in [1.29, 1.82) is 0 Å². The van der Waals surface area contributed by atoms with Gasteiger partial charge in [-0.1, -0.05) is 15.9 Å². The molecular formula is C9H13BrN2O3. The Kier molecular flexibility index (Phi) is 4.31. The summed E-state index contributed by atoms with van der Waals surface area (Å²) in [5, 5.41) is 29.0. The van der Waals surface area contributed by atoms with Gasteiger partial charge < -0.3 is 21.1 Å². The van der Waals surface area contributed by atoms with Gasteiger partial charge in [-0.25, -0.2) is 4.98 Å². The summed E-state index contributed by atoms with van der Waals surface area (Å²) in [6.07, 6.45) is -0.223. The molecule has 5 N–H and O–H groups in total. The van der Waals surface area contributed by atoms with Gasteiger partial charge in [-0.3, -0.25) is 0 Å². The summed E-state index contributed by atoms with van der Waals surface area (Å²) in [7, 11) is 0. The highest BCUT2D eigenvalue weighted by molar-refractivity contribution is 9.09. The van der Waals surface area contributed by atoms with Crippen molar-refractivity contribution in [3.63, 3.8) is 0 Å². The molecule has 6 heteroatoms. The molecule has 84 valence electrons. The molecule has 0 saturated carbocycles. The van der Waals surface area contributed by atoms with Crippen LogP contribution in [0.4, 0.5) is 5.82 Å². The van der Waals surface area contributed by atoms with Gasteiger partial charge in [0.1, 0.15) is 6.10 Å². The van der Waals surface area contributed by atoms with Crippen LogP contribution >= 0.6 is 15.9 Å². The molecule has 1 heterocycles. The van der Waals surface area contributed by atoms with Crippen molar-refractivity contribution in [2.24, 2.45) is 0 Å². The van der Waals surface area contributed by atoms with Crippen LogP contribution in [0.15, 0.2) is 12.3 Å². The number of hydrogen-bond donors (Lipinski definition) is 4. The third-order valence-electron chi connectivity index (χ3n) is 2.03. The van der Waals surface area contributed by atoms with E-state index in [-0.39, 0.29) is 11.6 Å². The van der Waals surface area contributed by atoms with E-state index in [1.165, 1.54) is 12.3 Å². The van der Waals surface area contributed by atoms with Crippen LogP contribution in [-0.2, 0) is 0 Å². The number of aromatic hydroxyl groups is 1. The Morgan fingerprint density at radius 3 is 2.67 bits per heavy atom. The second-order valence-corrected chi connectivity index (χ2v) is 3.96. The maximum Gasteiger partial charge on any atom is 0.165 e. The van der Waals surface area contributed by atoms with Crippen LogP contribution in [0.5, 0.6) is 5.75 Å². The van der Waals surface area contributed by atoms with Gasteiger partial charge in [0.05, 0.1) is 6.10 Å². The lowest BCUT2D eigenvalue weighted by atomic mass is 10.0. The smallest absolute Gasteiger partial charge is 0.165 e. The first-order valence-corrected chi connectivity index (χ1v) is 5.55. The quantitative estimate of drug-likeness (QED) is 0.602. The van der Waals surface area contributed by atoms with Gasteiger partial charge in [0.15, 0.2) is 11.6 Å². The maximum atomic E-state index is 9.67. The molecule has 0 radical (unpaired) electrons. The molecule has 2 unspecified atom stereocenters. The highest BCUT2D eigenvalue weighted by atomic mass is 79.9. The summed E-state index contributed by atoms with van der Waals surface area (Å²) < 4.78 is 0. The summed E-state index contributed by atoms with van der Waals surface area (Å²) in [4.78, 5) is 3.69. The zero-order valence-electron chi connectivity index (χ0n) is 7.97. The van der Waals surface area contributed by atoms with Gasteiger partial charge in [0.25, 0.3) is 0 Å². The van der Waals surface area contributed by atoms with Crippen LogP contribution in [-0.4, -0.2) is 31.7 Å². The first-order valence-electron chi connectivity index (χ1n) is 4.42. The second kappa shape index (κ2) is 5.29. The minimum atomic E-state index is -1.07. The number of anilines is 1. The van der Waals surface area contributed by atoms with Gasteiger partial charge in [-0.15, -0.1) is 0 Å². The van der Waals surface area contributed by atoms with Crippen LogP contribution in [0.1, 0.15) is 18.1 Å². The highest BCUT2D eigenvalue weighted by Gasteiger charge is 2.18. The molecule has 0 bridgehead atoms. The monoisotopic (exact) mass is 276 g/mol. The van der Waals surface area contributed by atoms with Crippen molar-refractivity contribution in [2.75, 3.05) is 11.1 Å². The molecule has 0 fully saturated rings. The minimum absolute atomic E-state index is 0.000862. The standard InChI is InChI=1S/C9H13BrN2O3/c10-2-1-6(13)8(15)5-3-7(14)9(11)12-4-5/h3-4,6,8,13-15H,1-2H2,(H2,11,12). The first-order chi connectivity index (χ1) is 7.06. The molecule has 1 rings (SSSR count). The van der Waals surface area contributed by atoms with Gasteiger partial charge in [-0.05, 0) is 12.5 Å². The Hall–Kier alpha value is -0.850. The molecule has 0 amide bonds. The number of nitrogens with two attached hydrogens (primary N) is 1. The molecule has 0 aliphatic rings. The lowest BCUT2D eigenvalue weighted by molar-refractivity contribution is 0.0171. The maximum absolute atomic E-state index is 9.67. The highest BCUT2D eigenvalue weighted by Crippen LogP contribution is 2.25. The summed E-state index contributed by atoms with van der Waals surface area (Å²) >= 11 is 3.16. The summed E-state index contributed by atoms with van der Waals surface area (Å²) in [5.41, 5.74) is 5.65. The van der Waals surface area contributed by atoms with E-state index in [1.807, 2.05) is 0 Å². The average molecular weight is 277 g/mol. The number of pyridine rings is 1. The van der Waals surface area contributed by atoms with Crippen LogP contribution in [0.25, 0.3) is 0 Å². The molecule has 0 aromatic carbocycles. The van der Waals surface area contributed by atoms with Crippen molar-refractivity contribution in [3.05, 3.63) is 17.8 Å². The molecule has 0 aliphatic carbocycles. The number of nitrogens with zero attached hydrogens (tertiary/aromatic N) is 1. The van der Waals surface area contributed by atoms with Crippen molar-refractivity contribution in [1.82, 2.24) is 4.98 Å². The van der Waals surface area contributed by atoms with E-state index in [1.54, 1.807) is 0 Å². The fourth-order valence-corrected chi connectivity index (χ4v) is 1.60. The molecule has 0 saturated heterocycles. The van der Waals surface area contributed by atoms with Gasteiger partial charge in [-0.2, -0.15) is 0 Å². The number of hydrogen-bond acceptors (Lipinski definition) is 5. The SMILES string of the molecule is Nc1ncc(C(O)C(O)CCBr)cc1O. The summed E-state index contributed by atoms with van der Waals surface area (Å²) in [6.45, 7) is 0. The van der Waals surface area contributed by atoms with E-state index in [4.69, 9.17) is 5.73 Å². The number of aliphatic hydroxyl groups excluding tert-OH is 2. The second-order valence-electron chi connectivity index (χ2n) is 3.16. The van der Waals surface area contributed by atoms with Crippen LogP contribution in [0, 0.1) is 0 Å². The van der Waals surface area contributed by atoms with E-state index >= 15 is 0 Å². The lowest BCUT2D eigenvalue weighted by Crippen LogP contribution is -2.18. The predicted octanol–water partition coefficient (Wildman–Crippen LogP) is 0.549. The van der Waals surface area contributed by atoms with Gasteiger partial charge in [0.2, 0.25) is 0 Å². The summed E-state index contributed by atoms with van der Waals surface area (Å²) in [6, 6.07) is 1.30. The van der Waals surface area contributed by atoms with Crippen molar-refractivity contribution in [3.8, 4) is 5.75 Å². The van der Waals surface area contributed by atoms with Gasteiger partial charge >= 0.3 is 0 Å². The van der Waals surface area contributed by atoms with Crippen LogP contribution in [0.2, 0.25) is 0 Å². The molecule has 0 aliphatic heterocycles. The lowest BCUT2D eigenvalue weighted by Gasteiger charge is -2.17. The Morgan fingerprint density at radius 2 is 2.13 bits per heavy atom. The normalized spacial score (nSPS) is 14.9. The number of halogens is 1. The predicted molar refractivity (Wildman–Crippen MR) is 59.7 cm³/mol. The Labute approximate surface area is 95.7 Å². The van der Waals surface area contributed by atoms with E-state index in [9.17, 15) is 15.3 Å². The minimum Gasteiger partial charge on any atom is -0.504 e. The molecule has 1 aromatic rings. The third kappa shape index (κ3) is 3.05. The fraction of sp³-hybridized carbons (Fsp3) is 0.444. The number of alkyl halides is 1. The third-order valence-corrected chi connectivity index (χ3v) is 2.49. The number of nitrogen functional groups attached to an aromatic ring is 1. The topological polar surface area (TPSA) is 99.6 Å². The molecule has 1 aromatic heterocycles. The molecule has 15 heavy (non-hydrogen) atoms. The molecule has 0 spiro atoms. The average Bonchev–Trinajstić information content (AvgIpc) is 2.21. The summed E-state index contributed by atoms with van der Waals surface area (Å²) in [5.74, 6) is -0.196. The first kappa shape index (κ1) is 12.2. The van der Waals surface area contributed by atoms with Crippen molar-refractivity contribution < 1.29 is 15.3 Å². The van der Waals surface area contributed by atoms with E-state index in [0.717, 1.165) is 0 Å². The van der Waals surface area contributed by atoms with E-state index in [0.29, 0.717) is 17.3 Å². The fourth-order valence-electron chi connectivity index (χ4n) is 1.13.